The second-order valence-corrected chi connectivity index (χ2v) is 9.73. The van der Waals surface area contributed by atoms with Crippen LogP contribution in [0.3, 0.4) is 0 Å². The highest BCUT2D eigenvalue weighted by molar-refractivity contribution is 8.00. The number of hydrogen-bond acceptors (Lipinski definition) is 4. The number of aromatic nitrogens is 2. The lowest BCUT2D eigenvalue weighted by atomic mass is 10.1. The van der Waals surface area contributed by atoms with E-state index in [9.17, 15) is 9.59 Å². The molecule has 0 saturated heterocycles. The highest BCUT2D eigenvalue weighted by atomic mass is 32.2. The van der Waals surface area contributed by atoms with Crippen molar-refractivity contribution >= 4 is 51.7 Å². The van der Waals surface area contributed by atoms with Crippen LogP contribution < -0.4 is 15.5 Å². The summed E-state index contributed by atoms with van der Waals surface area (Å²) in [7, 11) is 0. The van der Waals surface area contributed by atoms with Gasteiger partial charge >= 0.3 is 6.03 Å². The number of carbonyl (C=O) groups excluding carboxylic acids is 2. The van der Waals surface area contributed by atoms with Gasteiger partial charge in [-0.3, -0.25) is 9.78 Å². The minimum atomic E-state index is -0.362. The van der Waals surface area contributed by atoms with Crippen LogP contribution in [0.4, 0.5) is 21.9 Å². The van der Waals surface area contributed by atoms with Gasteiger partial charge in [0.25, 0.3) is 0 Å². The van der Waals surface area contributed by atoms with Gasteiger partial charge in [0.15, 0.2) is 0 Å². The Morgan fingerprint density at radius 2 is 1.78 bits per heavy atom. The SMILES string of the molecule is O=C(Nc1ccc2c(c1)N(Cc1ccccc1)C(=O)CS2)Nc1c[nH]c2ccc(-c3ccncc3)cc12. The molecule has 8 heteroatoms. The smallest absolute Gasteiger partial charge is 0.323 e. The number of nitrogens with one attached hydrogen (secondary N) is 3. The maximum atomic E-state index is 13.0. The Balaban J connectivity index is 1.22. The Morgan fingerprint density at radius 3 is 2.62 bits per heavy atom. The van der Waals surface area contributed by atoms with E-state index in [4.69, 9.17) is 0 Å². The predicted molar refractivity (Wildman–Crippen MR) is 149 cm³/mol. The normalized spacial score (nSPS) is 12.9. The summed E-state index contributed by atoms with van der Waals surface area (Å²) >= 11 is 1.52. The van der Waals surface area contributed by atoms with E-state index in [0.29, 0.717) is 23.7 Å². The zero-order valence-electron chi connectivity index (χ0n) is 19.8. The fourth-order valence-electron chi connectivity index (χ4n) is 4.45. The lowest BCUT2D eigenvalue weighted by molar-refractivity contribution is -0.116. The minimum absolute atomic E-state index is 0.0479. The molecule has 0 saturated carbocycles. The maximum Gasteiger partial charge on any atom is 0.323 e. The Kier molecular flexibility index (Phi) is 6.08. The summed E-state index contributed by atoms with van der Waals surface area (Å²) in [5, 5.41) is 6.78. The van der Waals surface area contributed by atoms with Crippen molar-refractivity contribution in [2.45, 2.75) is 11.4 Å². The fourth-order valence-corrected chi connectivity index (χ4v) is 5.37. The van der Waals surface area contributed by atoms with Gasteiger partial charge in [0.1, 0.15) is 0 Å². The van der Waals surface area contributed by atoms with Crippen molar-refractivity contribution in [1.29, 1.82) is 0 Å². The van der Waals surface area contributed by atoms with Crippen molar-refractivity contribution in [2.24, 2.45) is 0 Å². The van der Waals surface area contributed by atoms with Crippen LogP contribution >= 0.6 is 11.8 Å². The molecular formula is C29H23N5O2S. The third-order valence-corrected chi connectivity index (χ3v) is 7.33. The molecule has 3 amide bonds. The molecule has 1 aliphatic rings. The topological polar surface area (TPSA) is 90.1 Å². The standard InChI is InChI=1S/C29H23N5O2S/c35-28-18-37-27-9-7-22(15-26(27)34(28)17-19-4-2-1-3-5-19)32-29(36)33-25-16-31-24-8-6-21(14-23(24)25)20-10-12-30-13-11-20/h1-16,31H,17-18H2,(H2,32,33,36). The van der Waals surface area contributed by atoms with Gasteiger partial charge in [-0.15, -0.1) is 11.8 Å². The second kappa shape index (κ2) is 9.83. The first-order valence-corrected chi connectivity index (χ1v) is 12.8. The minimum Gasteiger partial charge on any atom is -0.359 e. The Hall–Kier alpha value is -4.56. The summed E-state index contributed by atoms with van der Waals surface area (Å²) in [6.45, 7) is 0.484. The van der Waals surface area contributed by atoms with Crippen molar-refractivity contribution in [3.63, 3.8) is 0 Å². The highest BCUT2D eigenvalue weighted by Crippen LogP contribution is 2.38. The van der Waals surface area contributed by atoms with Crippen molar-refractivity contribution < 1.29 is 9.59 Å². The van der Waals surface area contributed by atoms with Gasteiger partial charge in [0.05, 0.1) is 23.7 Å². The first-order valence-electron chi connectivity index (χ1n) is 11.8. The molecule has 0 aliphatic carbocycles. The Morgan fingerprint density at radius 1 is 0.946 bits per heavy atom. The van der Waals surface area contributed by atoms with E-state index in [2.05, 4.69) is 20.6 Å². The number of urea groups is 1. The summed E-state index contributed by atoms with van der Waals surface area (Å²) in [5.41, 5.74) is 6.16. The zero-order valence-corrected chi connectivity index (χ0v) is 20.6. The van der Waals surface area contributed by atoms with Crippen LogP contribution in [-0.4, -0.2) is 27.7 Å². The predicted octanol–water partition coefficient (Wildman–Crippen LogP) is 6.51. The summed E-state index contributed by atoms with van der Waals surface area (Å²) in [6, 6.07) is 25.2. The van der Waals surface area contributed by atoms with Gasteiger partial charge in [-0.1, -0.05) is 36.4 Å². The number of hydrogen-bond donors (Lipinski definition) is 3. The molecule has 1 aliphatic heterocycles. The van der Waals surface area contributed by atoms with Crippen LogP contribution in [0.25, 0.3) is 22.0 Å². The number of anilines is 3. The summed E-state index contributed by atoms with van der Waals surface area (Å²) in [4.78, 5) is 35.8. The summed E-state index contributed by atoms with van der Waals surface area (Å²) in [5.74, 6) is 0.446. The van der Waals surface area contributed by atoms with Crippen LogP contribution in [0.5, 0.6) is 0 Å². The molecule has 182 valence electrons. The van der Waals surface area contributed by atoms with E-state index < -0.39 is 0 Å². The molecule has 3 N–H and O–H groups in total. The van der Waals surface area contributed by atoms with Gasteiger partial charge in [-0.2, -0.15) is 0 Å². The molecule has 0 unspecified atom stereocenters. The van der Waals surface area contributed by atoms with Gasteiger partial charge in [0, 0.05) is 40.1 Å². The molecule has 3 aromatic carbocycles. The summed E-state index contributed by atoms with van der Waals surface area (Å²) < 4.78 is 0. The van der Waals surface area contributed by atoms with Crippen molar-refractivity contribution in [3.05, 3.63) is 103 Å². The second-order valence-electron chi connectivity index (χ2n) is 8.71. The number of benzene rings is 3. The third kappa shape index (κ3) is 4.79. The first-order chi connectivity index (χ1) is 18.1. The van der Waals surface area contributed by atoms with Gasteiger partial charge in [-0.05, 0) is 59.2 Å². The highest BCUT2D eigenvalue weighted by Gasteiger charge is 2.25. The number of amides is 3. The molecule has 6 rings (SSSR count). The van der Waals surface area contributed by atoms with Gasteiger partial charge in [-0.25, -0.2) is 4.79 Å². The van der Waals surface area contributed by atoms with E-state index in [1.165, 1.54) is 11.8 Å². The molecule has 5 aromatic rings. The lowest BCUT2D eigenvalue weighted by Gasteiger charge is -2.29. The maximum absolute atomic E-state index is 13.0. The number of aromatic amines is 1. The molecule has 37 heavy (non-hydrogen) atoms. The lowest BCUT2D eigenvalue weighted by Crippen LogP contribution is -2.34. The molecule has 0 atom stereocenters. The quantitative estimate of drug-likeness (QED) is 0.254. The van der Waals surface area contributed by atoms with Crippen molar-refractivity contribution in [3.8, 4) is 11.1 Å². The van der Waals surface area contributed by atoms with E-state index >= 15 is 0 Å². The number of nitrogens with zero attached hydrogens (tertiary/aromatic N) is 2. The molecule has 0 spiro atoms. The molecule has 0 fully saturated rings. The number of rotatable bonds is 5. The molecular weight excluding hydrogens is 482 g/mol. The largest absolute Gasteiger partial charge is 0.359 e. The molecule has 0 radical (unpaired) electrons. The van der Waals surface area contributed by atoms with Crippen molar-refractivity contribution in [1.82, 2.24) is 9.97 Å². The average Bonchev–Trinajstić information content (AvgIpc) is 3.33. The number of fused-ring (bicyclic) bond motifs is 2. The first kappa shape index (κ1) is 22.9. The zero-order chi connectivity index (χ0) is 25.2. The van der Waals surface area contributed by atoms with Crippen LogP contribution in [-0.2, 0) is 11.3 Å². The number of thioether (sulfide) groups is 1. The van der Waals surface area contributed by atoms with Crippen molar-refractivity contribution in [2.75, 3.05) is 21.3 Å². The summed E-state index contributed by atoms with van der Waals surface area (Å²) in [6.07, 6.45) is 5.30. The Bertz CT molecular complexity index is 1600. The molecule has 0 bridgehead atoms. The van der Waals surface area contributed by atoms with E-state index in [1.807, 2.05) is 78.9 Å². The van der Waals surface area contributed by atoms with E-state index in [0.717, 1.165) is 38.2 Å². The van der Waals surface area contributed by atoms with Crippen LogP contribution in [0, 0.1) is 0 Å². The third-order valence-electron chi connectivity index (χ3n) is 6.29. The van der Waals surface area contributed by atoms with Gasteiger partial charge < -0.3 is 20.5 Å². The van der Waals surface area contributed by atoms with Crippen LogP contribution in [0.15, 0.2) is 102 Å². The number of H-pyrrole nitrogens is 1. The number of pyridine rings is 1. The monoisotopic (exact) mass is 505 g/mol. The van der Waals surface area contributed by atoms with Gasteiger partial charge in [0.2, 0.25) is 5.91 Å². The molecule has 7 nitrogen and oxygen atoms in total. The van der Waals surface area contributed by atoms with Crippen LogP contribution in [0.2, 0.25) is 0 Å². The fraction of sp³-hybridized carbons (Fsp3) is 0.0690. The average molecular weight is 506 g/mol. The molecule has 2 aromatic heterocycles. The Labute approximate surface area is 217 Å². The number of carbonyl (C=O) groups is 2. The van der Waals surface area contributed by atoms with E-state index in [-0.39, 0.29) is 11.9 Å². The van der Waals surface area contributed by atoms with E-state index in [1.54, 1.807) is 23.5 Å². The van der Waals surface area contributed by atoms with Crippen LogP contribution in [0.1, 0.15) is 5.56 Å². The molecule has 3 heterocycles.